The number of nitrogens with one attached hydrogen (secondary N) is 1. The smallest absolute Gasteiger partial charge is 0.257 e. The summed E-state index contributed by atoms with van der Waals surface area (Å²) in [5.74, 6) is 0.684. The molecule has 1 N–H and O–H groups in total. The summed E-state index contributed by atoms with van der Waals surface area (Å²) in [4.78, 5) is 20.8. The number of ether oxygens (including phenoxy) is 2. The van der Waals surface area contributed by atoms with Crippen LogP contribution in [0.4, 0.5) is 5.82 Å². The summed E-state index contributed by atoms with van der Waals surface area (Å²) in [6.07, 6.45) is 9.14. The average Bonchev–Trinajstić information content (AvgIpc) is 2.76. The lowest BCUT2D eigenvalue weighted by atomic mass is 10.1. The highest BCUT2D eigenvalue weighted by atomic mass is 35.5. The van der Waals surface area contributed by atoms with Crippen LogP contribution >= 0.6 is 11.6 Å². The quantitative estimate of drug-likeness (QED) is 0.388. The van der Waals surface area contributed by atoms with Crippen LogP contribution in [0.5, 0.6) is 5.75 Å². The van der Waals surface area contributed by atoms with Crippen LogP contribution in [0.2, 0.25) is 5.02 Å². The Labute approximate surface area is 180 Å². The van der Waals surface area contributed by atoms with Gasteiger partial charge in [-0.25, -0.2) is 4.98 Å². The summed E-state index contributed by atoms with van der Waals surface area (Å²) in [6.45, 7) is 1.09. The van der Waals surface area contributed by atoms with Crippen LogP contribution in [0, 0.1) is 0 Å². The first-order valence-electron chi connectivity index (χ1n) is 9.42. The van der Waals surface area contributed by atoms with Gasteiger partial charge in [0.2, 0.25) is 0 Å². The van der Waals surface area contributed by atoms with Crippen molar-refractivity contribution in [1.29, 1.82) is 0 Å². The summed E-state index contributed by atoms with van der Waals surface area (Å²) in [5.41, 5.74) is 2.23. The highest BCUT2D eigenvalue weighted by Crippen LogP contribution is 2.21. The number of amides is 1. The van der Waals surface area contributed by atoms with Gasteiger partial charge in [-0.15, -0.1) is 0 Å². The molecule has 0 spiro atoms. The zero-order chi connectivity index (χ0) is 21.2. The first-order valence-corrected chi connectivity index (χ1v) is 9.80. The topological polar surface area (TPSA) is 73.3 Å². The standard InChI is InChI=1S/C23H22ClN3O3/c1-29-10-3-11-30-21-14-18(7-6-17-4-2-5-20(24)13-17)12-19(15-21)23(28)27-22-16-25-8-9-26-22/h2,4-9,12-16H,3,10-11H2,1H3,(H,26,27,28)/b7-6+. The van der Waals surface area contributed by atoms with Gasteiger partial charge in [-0.3, -0.25) is 9.78 Å². The number of carbonyl (C=O) groups excluding carboxylic acids is 1. The third-order valence-electron chi connectivity index (χ3n) is 4.07. The van der Waals surface area contributed by atoms with E-state index < -0.39 is 0 Å². The fraction of sp³-hybridized carbons (Fsp3) is 0.174. The molecule has 0 saturated heterocycles. The number of aromatic nitrogens is 2. The van der Waals surface area contributed by atoms with Gasteiger partial charge in [-0.2, -0.15) is 0 Å². The number of carbonyl (C=O) groups is 1. The molecule has 0 aliphatic rings. The van der Waals surface area contributed by atoms with Crippen LogP contribution in [0.25, 0.3) is 12.2 Å². The fourth-order valence-electron chi connectivity index (χ4n) is 2.68. The van der Waals surface area contributed by atoms with E-state index in [1.807, 2.05) is 42.5 Å². The van der Waals surface area contributed by atoms with Gasteiger partial charge < -0.3 is 14.8 Å². The van der Waals surface area contributed by atoms with E-state index in [0.717, 1.165) is 17.5 Å². The van der Waals surface area contributed by atoms with Gasteiger partial charge in [0.25, 0.3) is 5.91 Å². The maximum Gasteiger partial charge on any atom is 0.257 e. The van der Waals surface area contributed by atoms with Gasteiger partial charge in [-0.05, 0) is 41.5 Å². The molecule has 0 bridgehead atoms. The summed E-state index contributed by atoms with van der Waals surface area (Å²) in [6, 6.07) is 12.9. The normalized spacial score (nSPS) is 10.9. The van der Waals surface area contributed by atoms with Gasteiger partial charge in [-0.1, -0.05) is 35.9 Å². The van der Waals surface area contributed by atoms with E-state index in [4.69, 9.17) is 21.1 Å². The summed E-state index contributed by atoms with van der Waals surface area (Å²) in [5, 5.41) is 3.40. The molecule has 1 heterocycles. The van der Waals surface area contributed by atoms with E-state index >= 15 is 0 Å². The van der Waals surface area contributed by atoms with Crippen molar-refractivity contribution in [2.24, 2.45) is 0 Å². The molecule has 0 aliphatic carbocycles. The van der Waals surface area contributed by atoms with Crippen LogP contribution < -0.4 is 10.1 Å². The summed E-state index contributed by atoms with van der Waals surface area (Å²) >= 11 is 6.05. The number of anilines is 1. The van der Waals surface area contributed by atoms with Crippen LogP contribution in [0.15, 0.2) is 61.1 Å². The molecule has 7 heteroatoms. The van der Waals surface area contributed by atoms with Gasteiger partial charge >= 0.3 is 0 Å². The molecule has 0 atom stereocenters. The lowest BCUT2D eigenvalue weighted by Gasteiger charge is -2.10. The number of halogens is 1. The molecule has 1 amide bonds. The number of nitrogens with zero attached hydrogens (tertiary/aromatic N) is 2. The summed E-state index contributed by atoms with van der Waals surface area (Å²) < 4.78 is 10.9. The van der Waals surface area contributed by atoms with E-state index in [9.17, 15) is 4.79 Å². The largest absolute Gasteiger partial charge is 0.493 e. The predicted molar refractivity (Wildman–Crippen MR) is 119 cm³/mol. The van der Waals surface area contributed by atoms with Crippen molar-refractivity contribution in [1.82, 2.24) is 9.97 Å². The molecule has 0 unspecified atom stereocenters. The second kappa shape index (κ2) is 11.1. The average molecular weight is 424 g/mol. The minimum absolute atomic E-state index is 0.296. The Morgan fingerprint density at radius 3 is 2.73 bits per heavy atom. The highest BCUT2D eigenvalue weighted by molar-refractivity contribution is 6.30. The Morgan fingerprint density at radius 2 is 1.97 bits per heavy atom. The minimum Gasteiger partial charge on any atom is -0.493 e. The monoisotopic (exact) mass is 423 g/mol. The van der Waals surface area contributed by atoms with Crippen LogP contribution in [0.1, 0.15) is 27.9 Å². The third kappa shape index (κ3) is 6.69. The Bertz CT molecular complexity index is 1010. The van der Waals surface area contributed by atoms with Crippen molar-refractivity contribution < 1.29 is 14.3 Å². The fourth-order valence-corrected chi connectivity index (χ4v) is 2.88. The van der Waals surface area contributed by atoms with E-state index in [0.29, 0.717) is 35.4 Å². The van der Waals surface area contributed by atoms with Crippen molar-refractivity contribution >= 4 is 35.5 Å². The molecular formula is C23H22ClN3O3. The van der Waals surface area contributed by atoms with Crippen molar-refractivity contribution in [3.05, 3.63) is 82.8 Å². The maximum absolute atomic E-state index is 12.7. The maximum atomic E-state index is 12.7. The van der Waals surface area contributed by atoms with Gasteiger partial charge in [0.05, 0.1) is 12.8 Å². The van der Waals surface area contributed by atoms with Crippen molar-refractivity contribution in [3.8, 4) is 5.75 Å². The van der Waals surface area contributed by atoms with E-state index in [1.54, 1.807) is 25.4 Å². The lowest BCUT2D eigenvalue weighted by molar-refractivity contribution is 0.102. The molecule has 3 aromatic rings. The zero-order valence-corrected chi connectivity index (χ0v) is 17.3. The number of methoxy groups -OCH3 is 1. The van der Waals surface area contributed by atoms with Crippen LogP contribution in [0.3, 0.4) is 0 Å². The van der Waals surface area contributed by atoms with E-state index in [-0.39, 0.29) is 5.91 Å². The zero-order valence-electron chi connectivity index (χ0n) is 16.5. The molecule has 2 aromatic carbocycles. The molecule has 0 radical (unpaired) electrons. The Kier molecular flexibility index (Phi) is 7.94. The van der Waals surface area contributed by atoms with Crippen LogP contribution in [-0.2, 0) is 4.74 Å². The minimum atomic E-state index is -0.296. The molecule has 30 heavy (non-hydrogen) atoms. The number of hydrogen-bond donors (Lipinski definition) is 1. The Morgan fingerprint density at radius 1 is 1.10 bits per heavy atom. The molecule has 6 nitrogen and oxygen atoms in total. The summed E-state index contributed by atoms with van der Waals surface area (Å²) in [7, 11) is 1.65. The van der Waals surface area contributed by atoms with Gasteiger partial charge in [0.15, 0.2) is 5.82 Å². The van der Waals surface area contributed by atoms with E-state index in [1.165, 1.54) is 12.4 Å². The molecule has 154 valence electrons. The molecule has 0 fully saturated rings. The Balaban J connectivity index is 1.82. The lowest BCUT2D eigenvalue weighted by Crippen LogP contribution is -2.13. The van der Waals surface area contributed by atoms with Crippen molar-refractivity contribution in [3.63, 3.8) is 0 Å². The molecule has 3 rings (SSSR count). The molecule has 1 aromatic heterocycles. The van der Waals surface area contributed by atoms with E-state index in [2.05, 4.69) is 15.3 Å². The first kappa shape index (κ1) is 21.5. The molecule has 0 aliphatic heterocycles. The highest BCUT2D eigenvalue weighted by Gasteiger charge is 2.10. The van der Waals surface area contributed by atoms with Gasteiger partial charge in [0.1, 0.15) is 5.75 Å². The number of hydrogen-bond acceptors (Lipinski definition) is 5. The third-order valence-corrected chi connectivity index (χ3v) is 4.31. The number of benzene rings is 2. The van der Waals surface area contributed by atoms with Crippen molar-refractivity contribution in [2.45, 2.75) is 6.42 Å². The SMILES string of the molecule is COCCCOc1cc(/C=C/c2cccc(Cl)c2)cc(C(=O)Nc2cnccn2)c1. The van der Waals surface area contributed by atoms with Gasteiger partial charge in [0, 0.05) is 43.1 Å². The molecular weight excluding hydrogens is 402 g/mol. The van der Waals surface area contributed by atoms with Crippen LogP contribution in [-0.4, -0.2) is 36.2 Å². The predicted octanol–water partition coefficient (Wildman–Crippen LogP) is 4.97. The second-order valence-electron chi connectivity index (χ2n) is 6.42. The second-order valence-corrected chi connectivity index (χ2v) is 6.86. The molecule has 0 saturated carbocycles. The first-order chi connectivity index (χ1) is 14.6. The van der Waals surface area contributed by atoms with Crippen molar-refractivity contribution in [2.75, 3.05) is 25.6 Å². The number of rotatable bonds is 9. The Hall–Kier alpha value is -3.22.